The summed E-state index contributed by atoms with van der Waals surface area (Å²) in [6.45, 7) is 3.69. The Morgan fingerprint density at radius 1 is 1.10 bits per heavy atom. The lowest BCUT2D eigenvalue weighted by atomic mass is 10.2. The van der Waals surface area contributed by atoms with Crippen LogP contribution in [-0.4, -0.2) is 35.9 Å². The largest absolute Gasteiger partial charge is 0.319 e. The van der Waals surface area contributed by atoms with Crippen LogP contribution in [0, 0.1) is 19.7 Å². The van der Waals surface area contributed by atoms with Gasteiger partial charge in [0.15, 0.2) is 0 Å². The molecule has 4 aromatic rings. The Morgan fingerprint density at radius 3 is 2.45 bits per heavy atom. The normalized spacial score (nSPS) is 10.9. The van der Waals surface area contributed by atoms with Gasteiger partial charge in [-0.1, -0.05) is 11.6 Å². The predicted octanol–water partition coefficient (Wildman–Crippen LogP) is 3.51. The molecule has 2 aromatic carbocycles. The fraction of sp³-hybridized carbons (Fsp3) is 0.105. The number of nitrogens with one attached hydrogen (secondary N) is 1. The highest BCUT2D eigenvalue weighted by atomic mass is 35.5. The van der Waals surface area contributed by atoms with Crippen molar-refractivity contribution in [3.63, 3.8) is 0 Å². The Bertz CT molecular complexity index is 1190. The van der Waals surface area contributed by atoms with Gasteiger partial charge in [-0.25, -0.2) is 13.8 Å². The number of carbonyl (C=O) groups is 1. The van der Waals surface area contributed by atoms with E-state index in [0.29, 0.717) is 16.3 Å². The monoisotopic (exact) mass is 411 g/mol. The third-order valence-electron chi connectivity index (χ3n) is 4.39. The van der Waals surface area contributed by atoms with Crippen molar-refractivity contribution in [1.29, 1.82) is 0 Å². The van der Waals surface area contributed by atoms with Gasteiger partial charge in [-0.05, 0) is 66.7 Å². The summed E-state index contributed by atoms with van der Waals surface area (Å²) in [7, 11) is 0. The van der Waals surface area contributed by atoms with Crippen molar-refractivity contribution in [3.8, 4) is 11.4 Å². The van der Waals surface area contributed by atoms with Crippen molar-refractivity contribution in [2.24, 2.45) is 0 Å². The lowest BCUT2D eigenvalue weighted by molar-refractivity contribution is 0.102. The Labute approximate surface area is 169 Å². The molecule has 146 valence electrons. The van der Waals surface area contributed by atoms with Gasteiger partial charge in [0.25, 0.3) is 5.91 Å². The Balaban J connectivity index is 1.56. The van der Waals surface area contributed by atoms with Gasteiger partial charge < -0.3 is 5.32 Å². The average Bonchev–Trinajstić information content (AvgIpc) is 3.35. The van der Waals surface area contributed by atoms with Gasteiger partial charge in [-0.3, -0.25) is 4.79 Å². The maximum Gasteiger partial charge on any atom is 0.255 e. The molecule has 0 saturated carbocycles. The number of carbonyl (C=O) groups excluding carboxylic acids is 1. The summed E-state index contributed by atoms with van der Waals surface area (Å²) in [6.07, 6.45) is 1.38. The van der Waals surface area contributed by atoms with E-state index in [-0.39, 0.29) is 5.69 Å². The van der Waals surface area contributed by atoms with Gasteiger partial charge in [-0.2, -0.15) is 5.10 Å². The summed E-state index contributed by atoms with van der Waals surface area (Å²) in [5.41, 5.74) is 3.21. The topological polar surface area (TPSA) is 90.5 Å². The first-order valence-corrected chi connectivity index (χ1v) is 8.98. The molecular weight excluding hydrogens is 397 g/mol. The fourth-order valence-electron chi connectivity index (χ4n) is 2.85. The second-order valence-corrected chi connectivity index (χ2v) is 6.69. The highest BCUT2D eigenvalue weighted by Crippen LogP contribution is 2.23. The van der Waals surface area contributed by atoms with Crippen LogP contribution in [0.5, 0.6) is 0 Å². The Kier molecular flexibility index (Phi) is 4.81. The van der Waals surface area contributed by atoms with Crippen molar-refractivity contribution in [3.05, 3.63) is 76.6 Å². The Morgan fingerprint density at radius 2 is 1.83 bits per heavy atom. The second-order valence-electron chi connectivity index (χ2n) is 6.32. The van der Waals surface area contributed by atoms with Crippen LogP contribution in [0.3, 0.4) is 0 Å². The summed E-state index contributed by atoms with van der Waals surface area (Å²) in [5, 5.41) is 18.4. The van der Waals surface area contributed by atoms with E-state index in [0.717, 1.165) is 17.1 Å². The average molecular weight is 412 g/mol. The summed E-state index contributed by atoms with van der Waals surface area (Å²) in [4.78, 5) is 12.6. The molecule has 1 N–H and O–H groups in total. The van der Waals surface area contributed by atoms with Gasteiger partial charge in [0.2, 0.25) is 0 Å². The summed E-state index contributed by atoms with van der Waals surface area (Å²) in [5.74, 6) is -1.01. The molecule has 2 aromatic heterocycles. The highest BCUT2D eigenvalue weighted by molar-refractivity contribution is 6.31. The van der Waals surface area contributed by atoms with Crippen LogP contribution in [0.25, 0.3) is 11.4 Å². The van der Waals surface area contributed by atoms with E-state index in [1.165, 1.54) is 29.2 Å². The number of aromatic nitrogens is 6. The predicted molar refractivity (Wildman–Crippen MR) is 105 cm³/mol. The van der Waals surface area contributed by atoms with Gasteiger partial charge in [0.1, 0.15) is 12.1 Å². The Hall–Kier alpha value is -3.59. The lowest BCUT2D eigenvalue weighted by Crippen LogP contribution is -2.13. The number of halogens is 2. The molecule has 0 spiro atoms. The van der Waals surface area contributed by atoms with E-state index >= 15 is 0 Å². The van der Waals surface area contributed by atoms with Crippen LogP contribution in [0.4, 0.5) is 10.1 Å². The lowest BCUT2D eigenvalue weighted by Gasteiger charge is -2.09. The van der Waals surface area contributed by atoms with E-state index in [9.17, 15) is 9.18 Å². The van der Waals surface area contributed by atoms with E-state index in [2.05, 4.69) is 25.9 Å². The number of tetrazole rings is 1. The molecule has 8 nitrogen and oxygen atoms in total. The number of rotatable bonds is 4. The van der Waals surface area contributed by atoms with Crippen molar-refractivity contribution >= 4 is 23.2 Å². The first-order chi connectivity index (χ1) is 13.9. The summed E-state index contributed by atoms with van der Waals surface area (Å²) in [6, 6.07) is 11.0. The standard InChI is InChI=1S/C19H15ClFN7O/c1-11-18(20)12(2)28(24-11)14-5-3-13(4-6-14)19(29)23-17-9-15(7-8-16(17)21)27-10-22-25-26-27/h3-10H,1-2H3,(H,23,29). The second kappa shape index (κ2) is 7.44. The molecule has 0 aliphatic carbocycles. The van der Waals surface area contributed by atoms with Crippen molar-refractivity contribution in [1.82, 2.24) is 30.0 Å². The van der Waals surface area contributed by atoms with E-state index in [4.69, 9.17) is 11.6 Å². The van der Waals surface area contributed by atoms with Crippen molar-refractivity contribution in [2.75, 3.05) is 5.32 Å². The van der Waals surface area contributed by atoms with Gasteiger partial charge in [0.05, 0.1) is 33.5 Å². The maximum atomic E-state index is 14.2. The third kappa shape index (κ3) is 3.59. The van der Waals surface area contributed by atoms with Gasteiger partial charge in [0, 0.05) is 5.56 Å². The first-order valence-electron chi connectivity index (χ1n) is 8.60. The zero-order valence-electron chi connectivity index (χ0n) is 15.5. The molecule has 0 bridgehead atoms. The van der Waals surface area contributed by atoms with Gasteiger partial charge >= 0.3 is 0 Å². The molecular formula is C19H15ClFN7O. The number of aryl methyl sites for hydroxylation is 1. The number of hydrogen-bond acceptors (Lipinski definition) is 5. The van der Waals surface area contributed by atoms with Crippen LogP contribution in [-0.2, 0) is 0 Å². The number of anilines is 1. The van der Waals surface area contributed by atoms with E-state index in [1.807, 2.05) is 13.8 Å². The van der Waals surface area contributed by atoms with Crippen LogP contribution in [0.1, 0.15) is 21.7 Å². The minimum Gasteiger partial charge on any atom is -0.319 e. The molecule has 29 heavy (non-hydrogen) atoms. The maximum absolute atomic E-state index is 14.2. The number of amides is 1. The van der Waals surface area contributed by atoms with Crippen LogP contribution in [0.15, 0.2) is 48.8 Å². The molecule has 0 radical (unpaired) electrons. The summed E-state index contributed by atoms with van der Waals surface area (Å²) >= 11 is 6.19. The molecule has 10 heteroatoms. The molecule has 0 aliphatic rings. The minimum atomic E-state index is -0.566. The van der Waals surface area contributed by atoms with Crippen LogP contribution < -0.4 is 5.32 Å². The zero-order chi connectivity index (χ0) is 20.5. The molecule has 4 rings (SSSR count). The van der Waals surface area contributed by atoms with Crippen molar-refractivity contribution in [2.45, 2.75) is 13.8 Å². The highest BCUT2D eigenvalue weighted by Gasteiger charge is 2.14. The fourth-order valence-corrected chi connectivity index (χ4v) is 2.97. The quantitative estimate of drug-likeness (QED) is 0.555. The minimum absolute atomic E-state index is 0.0254. The SMILES string of the molecule is Cc1nn(-c2ccc(C(=O)Nc3cc(-n4cnnn4)ccc3F)cc2)c(C)c1Cl. The molecule has 0 unspecified atom stereocenters. The third-order valence-corrected chi connectivity index (χ3v) is 4.94. The molecule has 2 heterocycles. The number of hydrogen-bond donors (Lipinski definition) is 1. The molecule has 0 atom stereocenters. The van der Waals surface area contributed by atoms with Crippen molar-refractivity contribution < 1.29 is 9.18 Å². The van der Waals surface area contributed by atoms with E-state index in [1.54, 1.807) is 28.9 Å². The van der Waals surface area contributed by atoms with Crippen LogP contribution >= 0.6 is 11.6 Å². The molecule has 0 aliphatic heterocycles. The first kappa shape index (κ1) is 18.8. The molecule has 0 saturated heterocycles. The number of nitrogens with zero attached hydrogens (tertiary/aromatic N) is 6. The zero-order valence-corrected chi connectivity index (χ0v) is 16.2. The van der Waals surface area contributed by atoms with Gasteiger partial charge in [-0.15, -0.1) is 5.10 Å². The summed E-state index contributed by atoms with van der Waals surface area (Å²) < 4.78 is 17.2. The molecule has 0 fully saturated rings. The number of benzene rings is 2. The smallest absolute Gasteiger partial charge is 0.255 e. The molecule has 1 amide bonds. The van der Waals surface area contributed by atoms with E-state index < -0.39 is 11.7 Å². The van der Waals surface area contributed by atoms with Crippen LogP contribution in [0.2, 0.25) is 5.02 Å².